The number of halogens is 1. The second-order valence-corrected chi connectivity index (χ2v) is 7.09. The molecule has 22 heavy (non-hydrogen) atoms. The molecule has 0 unspecified atom stereocenters. The highest BCUT2D eigenvalue weighted by Crippen LogP contribution is 2.20. The highest BCUT2D eigenvalue weighted by molar-refractivity contribution is 9.10. The highest BCUT2D eigenvalue weighted by atomic mass is 79.9. The Hall–Kier alpha value is -1.70. The number of nitrogens with one attached hydrogen (secondary N) is 1. The Kier molecular flexibility index (Phi) is 5.33. The van der Waals surface area contributed by atoms with E-state index >= 15 is 0 Å². The molecule has 0 atom stereocenters. The van der Waals surface area contributed by atoms with Crippen LogP contribution in [0.4, 0.5) is 0 Å². The Bertz CT molecular complexity index is 777. The van der Waals surface area contributed by atoms with Gasteiger partial charge in [-0.2, -0.15) is 0 Å². The molecular weight excluding hydrogens is 368 g/mol. The van der Waals surface area contributed by atoms with Gasteiger partial charge >= 0.3 is 0 Å². The summed E-state index contributed by atoms with van der Waals surface area (Å²) in [4.78, 5) is 12.1. The minimum absolute atomic E-state index is 0.0936. The summed E-state index contributed by atoms with van der Waals surface area (Å²) in [7, 11) is -3.84. The molecule has 2 rings (SSSR count). The first kappa shape index (κ1) is 16.7. The van der Waals surface area contributed by atoms with Gasteiger partial charge in [0.05, 0.1) is 10.5 Å². The molecule has 0 spiro atoms. The molecule has 0 saturated heterocycles. The number of amides is 1. The van der Waals surface area contributed by atoms with E-state index in [1.54, 1.807) is 0 Å². The van der Waals surface area contributed by atoms with Crippen LogP contribution in [0.2, 0.25) is 0 Å². The molecule has 0 radical (unpaired) electrons. The minimum atomic E-state index is -3.84. The first-order chi connectivity index (χ1) is 10.4. The van der Waals surface area contributed by atoms with Gasteiger partial charge in [-0.15, -0.1) is 0 Å². The SMILES string of the molecule is NS(=O)(=O)c1ccc(Br)c(C(=O)NCCc2ccccc2)c1. The van der Waals surface area contributed by atoms with Crippen molar-refractivity contribution in [3.63, 3.8) is 0 Å². The van der Waals surface area contributed by atoms with E-state index in [2.05, 4.69) is 21.2 Å². The molecule has 5 nitrogen and oxygen atoms in total. The lowest BCUT2D eigenvalue weighted by Gasteiger charge is -2.08. The summed E-state index contributed by atoms with van der Waals surface area (Å²) in [5.41, 5.74) is 1.35. The molecule has 0 aliphatic rings. The van der Waals surface area contributed by atoms with Gasteiger partial charge in [0.25, 0.3) is 5.91 Å². The molecule has 0 bridgehead atoms. The normalized spacial score (nSPS) is 11.2. The monoisotopic (exact) mass is 382 g/mol. The van der Waals surface area contributed by atoms with Crippen LogP contribution in [0.3, 0.4) is 0 Å². The predicted octanol–water partition coefficient (Wildman–Crippen LogP) is 2.07. The van der Waals surface area contributed by atoms with Crippen molar-refractivity contribution in [2.45, 2.75) is 11.3 Å². The van der Waals surface area contributed by atoms with Crippen LogP contribution in [0.15, 0.2) is 57.9 Å². The van der Waals surface area contributed by atoms with Gasteiger partial charge in [0.15, 0.2) is 0 Å². The van der Waals surface area contributed by atoms with Gasteiger partial charge in [-0.25, -0.2) is 13.6 Å². The van der Waals surface area contributed by atoms with Crippen LogP contribution < -0.4 is 10.5 Å². The van der Waals surface area contributed by atoms with Crippen molar-refractivity contribution in [2.24, 2.45) is 5.14 Å². The molecule has 0 heterocycles. The smallest absolute Gasteiger partial charge is 0.252 e. The van der Waals surface area contributed by atoms with Gasteiger partial charge in [0.2, 0.25) is 10.0 Å². The highest BCUT2D eigenvalue weighted by Gasteiger charge is 2.15. The largest absolute Gasteiger partial charge is 0.352 e. The summed E-state index contributed by atoms with van der Waals surface area (Å²) < 4.78 is 23.2. The number of benzene rings is 2. The third-order valence-electron chi connectivity index (χ3n) is 3.05. The van der Waals surface area contributed by atoms with Crippen molar-refractivity contribution in [1.29, 1.82) is 0 Å². The van der Waals surface area contributed by atoms with Gasteiger partial charge < -0.3 is 5.32 Å². The molecule has 3 N–H and O–H groups in total. The Morgan fingerprint density at radius 3 is 2.45 bits per heavy atom. The second-order valence-electron chi connectivity index (χ2n) is 4.68. The molecule has 2 aromatic carbocycles. The first-order valence-electron chi connectivity index (χ1n) is 6.52. The molecule has 0 saturated carbocycles. The van der Waals surface area contributed by atoms with Crippen LogP contribution in [0.1, 0.15) is 15.9 Å². The van der Waals surface area contributed by atoms with E-state index in [9.17, 15) is 13.2 Å². The van der Waals surface area contributed by atoms with E-state index in [1.165, 1.54) is 18.2 Å². The molecule has 2 aromatic rings. The quantitative estimate of drug-likeness (QED) is 0.829. The number of carbonyl (C=O) groups excluding carboxylic acids is 1. The predicted molar refractivity (Wildman–Crippen MR) is 88.0 cm³/mol. The maximum atomic E-state index is 12.2. The fourth-order valence-electron chi connectivity index (χ4n) is 1.92. The van der Waals surface area contributed by atoms with Gasteiger partial charge in [-0.1, -0.05) is 30.3 Å². The third-order valence-corrected chi connectivity index (χ3v) is 4.66. The average Bonchev–Trinajstić information content (AvgIpc) is 2.47. The van der Waals surface area contributed by atoms with Crippen LogP contribution in [0, 0.1) is 0 Å². The van der Waals surface area contributed by atoms with Gasteiger partial charge in [-0.05, 0) is 46.1 Å². The first-order valence-corrected chi connectivity index (χ1v) is 8.86. The molecule has 0 aliphatic carbocycles. The lowest BCUT2D eigenvalue weighted by Crippen LogP contribution is -2.26. The average molecular weight is 383 g/mol. The maximum Gasteiger partial charge on any atom is 0.252 e. The molecule has 7 heteroatoms. The molecule has 116 valence electrons. The summed E-state index contributed by atoms with van der Waals surface area (Å²) in [6.45, 7) is 0.453. The van der Waals surface area contributed by atoms with E-state index in [4.69, 9.17) is 5.14 Å². The second kappa shape index (κ2) is 7.04. The number of hydrogen-bond donors (Lipinski definition) is 2. The van der Waals surface area contributed by atoms with Crippen molar-refractivity contribution >= 4 is 31.9 Å². The Labute approximate surface area is 137 Å². The van der Waals surface area contributed by atoms with E-state index in [0.29, 0.717) is 17.4 Å². The molecule has 0 fully saturated rings. The zero-order valence-corrected chi connectivity index (χ0v) is 14.0. The lowest BCUT2D eigenvalue weighted by atomic mass is 10.1. The topological polar surface area (TPSA) is 89.3 Å². The molecule has 0 aromatic heterocycles. The number of hydrogen-bond acceptors (Lipinski definition) is 3. The molecular formula is C15H15BrN2O3S. The van der Waals surface area contributed by atoms with Crippen LogP contribution in [0.5, 0.6) is 0 Å². The van der Waals surface area contributed by atoms with Crippen molar-refractivity contribution < 1.29 is 13.2 Å². The van der Waals surface area contributed by atoms with E-state index in [1.807, 2.05) is 30.3 Å². The van der Waals surface area contributed by atoms with Crippen LogP contribution >= 0.6 is 15.9 Å². The summed E-state index contributed by atoms with van der Waals surface area (Å²) in [6, 6.07) is 13.8. The fourth-order valence-corrected chi connectivity index (χ4v) is 2.88. The number of sulfonamides is 1. The van der Waals surface area contributed by atoms with E-state index < -0.39 is 10.0 Å². The fraction of sp³-hybridized carbons (Fsp3) is 0.133. The van der Waals surface area contributed by atoms with Gasteiger partial charge in [0, 0.05) is 11.0 Å². The maximum absolute atomic E-state index is 12.2. The van der Waals surface area contributed by atoms with Gasteiger partial charge in [-0.3, -0.25) is 4.79 Å². The Balaban J connectivity index is 2.06. The van der Waals surface area contributed by atoms with Gasteiger partial charge in [0.1, 0.15) is 0 Å². The lowest BCUT2D eigenvalue weighted by molar-refractivity contribution is 0.0953. The van der Waals surface area contributed by atoms with Crippen molar-refractivity contribution in [3.05, 3.63) is 64.1 Å². The number of carbonyl (C=O) groups is 1. The van der Waals surface area contributed by atoms with Crippen LogP contribution in [-0.2, 0) is 16.4 Å². The molecule has 1 amide bonds. The minimum Gasteiger partial charge on any atom is -0.352 e. The zero-order chi connectivity index (χ0) is 16.2. The molecule has 0 aliphatic heterocycles. The standard InChI is InChI=1S/C15H15BrN2O3S/c16-14-7-6-12(22(17,20)21)10-13(14)15(19)18-9-8-11-4-2-1-3-5-11/h1-7,10H,8-9H2,(H,18,19)(H2,17,20,21). The summed E-state index contributed by atoms with van der Waals surface area (Å²) in [5, 5.41) is 7.84. The third kappa shape index (κ3) is 4.40. The van der Waals surface area contributed by atoms with Crippen LogP contribution in [-0.4, -0.2) is 20.9 Å². The number of nitrogens with two attached hydrogens (primary N) is 1. The summed E-state index contributed by atoms with van der Waals surface area (Å²) in [6.07, 6.45) is 0.694. The van der Waals surface area contributed by atoms with Crippen molar-refractivity contribution in [3.8, 4) is 0 Å². The van der Waals surface area contributed by atoms with Crippen LogP contribution in [0.25, 0.3) is 0 Å². The Morgan fingerprint density at radius 1 is 1.14 bits per heavy atom. The van der Waals surface area contributed by atoms with Crippen molar-refractivity contribution in [1.82, 2.24) is 5.32 Å². The summed E-state index contributed by atoms with van der Waals surface area (Å²) >= 11 is 3.24. The number of primary sulfonamides is 1. The summed E-state index contributed by atoms with van der Waals surface area (Å²) in [5.74, 6) is -0.353. The zero-order valence-electron chi connectivity index (χ0n) is 11.6. The number of rotatable bonds is 5. The van der Waals surface area contributed by atoms with E-state index in [-0.39, 0.29) is 16.4 Å². The van der Waals surface area contributed by atoms with Crippen molar-refractivity contribution in [2.75, 3.05) is 6.54 Å². The Morgan fingerprint density at radius 2 is 1.82 bits per heavy atom. The van der Waals surface area contributed by atoms with E-state index in [0.717, 1.165) is 5.56 Å².